The van der Waals surface area contributed by atoms with E-state index in [2.05, 4.69) is 32.5 Å². The molecule has 2 aliphatic carbocycles. The van der Waals surface area contributed by atoms with Crippen LogP contribution in [0.3, 0.4) is 0 Å². The fraction of sp³-hybridized carbons (Fsp3) is 0.400. The van der Waals surface area contributed by atoms with Gasteiger partial charge in [-0.2, -0.15) is 0 Å². The van der Waals surface area contributed by atoms with Gasteiger partial charge in [-0.05, 0) is 91.6 Å². The molecule has 51 heavy (non-hydrogen) atoms. The maximum atomic E-state index is 14.7. The van der Waals surface area contributed by atoms with E-state index in [-0.39, 0.29) is 11.5 Å². The normalized spacial score (nSPS) is 19.5. The van der Waals surface area contributed by atoms with Gasteiger partial charge in [0.15, 0.2) is 0 Å². The minimum absolute atomic E-state index is 0.0222. The number of hydrogen-bond acceptors (Lipinski definition) is 7. The summed E-state index contributed by atoms with van der Waals surface area (Å²) in [6.45, 7) is 4.06. The average Bonchev–Trinajstić information content (AvgIpc) is 3.97. The van der Waals surface area contributed by atoms with Crippen LogP contribution in [0.5, 0.6) is 0 Å². The van der Waals surface area contributed by atoms with Crippen LogP contribution in [0.25, 0.3) is 44.5 Å². The van der Waals surface area contributed by atoms with E-state index in [9.17, 15) is 18.0 Å². The zero-order valence-corrected chi connectivity index (χ0v) is 29.5. The number of fused-ring (bicyclic) bond motifs is 7. The molecule has 4 aliphatic rings. The Labute approximate surface area is 297 Å². The molecule has 3 aromatic heterocycles. The van der Waals surface area contributed by atoms with Crippen molar-refractivity contribution >= 4 is 43.6 Å². The molecule has 0 radical (unpaired) electrons. The number of morpholine rings is 1. The van der Waals surface area contributed by atoms with Crippen molar-refractivity contribution in [2.45, 2.75) is 75.5 Å². The smallest absolute Gasteiger partial charge is 0.264 e. The number of amides is 2. The quantitative estimate of drug-likeness (QED) is 0.216. The number of rotatable bonds is 6. The summed E-state index contributed by atoms with van der Waals surface area (Å²) in [7, 11) is -3.73. The molecule has 0 bridgehead atoms. The molecule has 2 amide bonds. The number of hydrogen-bond donors (Lipinski definition) is 1. The van der Waals surface area contributed by atoms with Crippen molar-refractivity contribution in [1.29, 1.82) is 0 Å². The number of pyridine rings is 2. The molecule has 1 N–H and O–H groups in total. The average molecular weight is 704 g/mol. The topological polar surface area (TPSA) is 123 Å². The Morgan fingerprint density at radius 3 is 2.43 bits per heavy atom. The molecule has 5 aromatic rings. The van der Waals surface area contributed by atoms with Gasteiger partial charge in [0.2, 0.25) is 15.9 Å². The molecular weight excluding hydrogens is 663 g/mol. The van der Waals surface area contributed by atoms with Crippen LogP contribution < -0.4 is 4.72 Å². The predicted octanol–water partition coefficient (Wildman–Crippen LogP) is 6.45. The summed E-state index contributed by atoms with van der Waals surface area (Å²) >= 11 is 0. The first-order chi connectivity index (χ1) is 24.8. The molecule has 0 spiro atoms. The second-order valence-electron chi connectivity index (χ2n) is 14.6. The maximum Gasteiger partial charge on any atom is 0.264 e. The number of aromatic nitrogens is 3. The van der Waals surface area contributed by atoms with Gasteiger partial charge in [0.25, 0.3) is 5.91 Å². The number of carbonyl (C=O) groups is 2. The number of nitrogens with zero attached hydrogens (tertiary/aromatic N) is 4. The molecule has 5 heterocycles. The van der Waals surface area contributed by atoms with Crippen LogP contribution in [-0.4, -0.2) is 71.2 Å². The lowest BCUT2D eigenvalue weighted by Crippen LogP contribution is -2.45. The van der Waals surface area contributed by atoms with Crippen LogP contribution >= 0.6 is 0 Å². The number of carbonyl (C=O) groups excluding carboxylic acids is 2. The second kappa shape index (κ2) is 12.6. The Bertz CT molecular complexity index is 2330. The Balaban J connectivity index is 1.26. The van der Waals surface area contributed by atoms with Crippen LogP contribution in [0.4, 0.5) is 0 Å². The lowest BCUT2D eigenvalue weighted by atomic mass is 9.80. The van der Waals surface area contributed by atoms with Crippen molar-refractivity contribution < 1.29 is 22.7 Å². The maximum absolute atomic E-state index is 14.7. The third-order valence-electron chi connectivity index (χ3n) is 11.3. The SMILES string of the molecule is Cc1ccnc(-c2ccc3c4c(ccc3n2)-c2c(C3CCCCC3)c3ccc(C(=O)NS(=O)(=O)C5CC5)cc3n2C(C(=O)N2CCOCC2)C4)c1. The van der Waals surface area contributed by atoms with E-state index in [0.717, 1.165) is 81.3 Å². The second-order valence-corrected chi connectivity index (χ2v) is 16.6. The third-order valence-corrected chi connectivity index (χ3v) is 13.1. The van der Waals surface area contributed by atoms with Crippen LogP contribution in [0.1, 0.15) is 84.0 Å². The summed E-state index contributed by atoms with van der Waals surface area (Å²) in [6.07, 6.45) is 8.97. The zero-order valence-electron chi connectivity index (χ0n) is 28.7. The van der Waals surface area contributed by atoms with E-state index in [1.54, 1.807) is 18.3 Å². The first-order valence-electron chi connectivity index (χ1n) is 18.2. The molecule has 1 saturated heterocycles. The van der Waals surface area contributed by atoms with Crippen molar-refractivity contribution in [2.24, 2.45) is 0 Å². The van der Waals surface area contributed by atoms with Crippen LogP contribution in [0.2, 0.25) is 0 Å². The van der Waals surface area contributed by atoms with Gasteiger partial charge in [-0.1, -0.05) is 37.5 Å². The molecule has 2 aliphatic heterocycles. The summed E-state index contributed by atoms with van der Waals surface area (Å²) in [5, 5.41) is 1.52. The molecular formula is C40H41N5O5S. The number of aryl methyl sites for hydroxylation is 1. The highest BCUT2D eigenvalue weighted by atomic mass is 32.2. The van der Waals surface area contributed by atoms with Gasteiger partial charge in [0.05, 0.1) is 46.6 Å². The third kappa shape index (κ3) is 5.70. The minimum atomic E-state index is -3.73. The zero-order chi connectivity index (χ0) is 34.9. The molecule has 9 rings (SSSR count). The lowest BCUT2D eigenvalue weighted by Gasteiger charge is -2.35. The van der Waals surface area contributed by atoms with E-state index in [4.69, 9.17) is 9.72 Å². The van der Waals surface area contributed by atoms with E-state index in [0.29, 0.717) is 51.5 Å². The number of benzene rings is 2. The summed E-state index contributed by atoms with van der Waals surface area (Å²) < 4.78 is 35.6. The molecule has 3 fully saturated rings. The van der Waals surface area contributed by atoms with Crippen molar-refractivity contribution in [3.05, 3.63) is 83.0 Å². The van der Waals surface area contributed by atoms with E-state index in [1.807, 2.05) is 36.1 Å². The van der Waals surface area contributed by atoms with Crippen molar-refractivity contribution in [3.63, 3.8) is 0 Å². The number of sulfonamides is 1. The molecule has 11 heteroatoms. The Hall–Kier alpha value is -4.61. The summed E-state index contributed by atoms with van der Waals surface area (Å²) in [4.78, 5) is 39.7. The fourth-order valence-electron chi connectivity index (χ4n) is 8.53. The predicted molar refractivity (Wildman–Crippen MR) is 196 cm³/mol. The highest BCUT2D eigenvalue weighted by molar-refractivity contribution is 7.91. The lowest BCUT2D eigenvalue weighted by molar-refractivity contribution is -0.138. The van der Waals surface area contributed by atoms with Crippen molar-refractivity contribution in [3.8, 4) is 22.6 Å². The Morgan fingerprint density at radius 2 is 1.67 bits per heavy atom. The molecule has 1 atom stereocenters. The van der Waals surface area contributed by atoms with Gasteiger partial charge < -0.3 is 14.2 Å². The molecule has 2 saturated carbocycles. The summed E-state index contributed by atoms with van der Waals surface area (Å²) in [5.41, 5.74) is 9.07. The van der Waals surface area contributed by atoms with Crippen LogP contribution in [0.15, 0.2) is 60.8 Å². The largest absolute Gasteiger partial charge is 0.378 e. The first-order valence-corrected chi connectivity index (χ1v) is 19.8. The highest BCUT2D eigenvalue weighted by Gasteiger charge is 2.40. The summed E-state index contributed by atoms with van der Waals surface area (Å²) in [6, 6.07) is 17.3. The highest BCUT2D eigenvalue weighted by Crippen LogP contribution is 2.50. The van der Waals surface area contributed by atoms with Crippen molar-refractivity contribution in [2.75, 3.05) is 26.3 Å². The number of nitrogens with one attached hydrogen (secondary N) is 1. The van der Waals surface area contributed by atoms with Crippen LogP contribution in [0, 0.1) is 6.92 Å². The van der Waals surface area contributed by atoms with Crippen LogP contribution in [-0.2, 0) is 26.0 Å². The molecule has 10 nitrogen and oxygen atoms in total. The van der Waals surface area contributed by atoms with Gasteiger partial charge in [0.1, 0.15) is 6.04 Å². The van der Waals surface area contributed by atoms with E-state index >= 15 is 0 Å². The Morgan fingerprint density at radius 1 is 0.882 bits per heavy atom. The molecule has 1 unspecified atom stereocenters. The first kappa shape index (κ1) is 32.3. The summed E-state index contributed by atoms with van der Waals surface area (Å²) in [5.74, 6) is -0.322. The monoisotopic (exact) mass is 703 g/mol. The van der Waals surface area contributed by atoms with Gasteiger partial charge >= 0.3 is 0 Å². The minimum Gasteiger partial charge on any atom is -0.378 e. The van der Waals surface area contributed by atoms with Gasteiger partial charge in [-0.3, -0.25) is 14.6 Å². The Kier molecular flexibility index (Phi) is 7.96. The fourth-order valence-corrected chi connectivity index (χ4v) is 9.83. The van der Waals surface area contributed by atoms with Crippen molar-refractivity contribution in [1.82, 2.24) is 24.2 Å². The molecule has 2 aromatic carbocycles. The van der Waals surface area contributed by atoms with E-state index in [1.165, 1.54) is 12.0 Å². The standard InChI is InChI=1S/C40H41N5O5S/c1-24-15-16-41-34(21-24)33-14-11-28-31-23-36(40(47)44-17-19-50-20-18-44)45-35-22-26(39(46)43-51(48,49)27-8-9-27)7-10-30(35)37(25-5-3-2-4-6-25)38(45)29(31)12-13-32(28)42-33/h7,10-16,21-22,25,27,36H,2-6,8-9,17-20,23H2,1H3,(H,43,46). The van der Waals surface area contributed by atoms with Gasteiger partial charge in [-0.25, -0.2) is 18.1 Å². The van der Waals surface area contributed by atoms with Gasteiger partial charge in [0, 0.05) is 47.6 Å². The molecule has 262 valence electrons. The van der Waals surface area contributed by atoms with E-state index < -0.39 is 27.2 Å². The van der Waals surface area contributed by atoms with Gasteiger partial charge in [-0.15, -0.1) is 0 Å². The number of ether oxygens (including phenoxy) is 1.